The molecule has 1 fully saturated rings. The standard InChI is InChI=1S/C12H18N2O2/c1-9(16-2)12(15)14-8-4-6-11(14)10-5-3-7-13-10/h3,5,7,9,11,13H,4,6,8H2,1-2H3. The highest BCUT2D eigenvalue weighted by molar-refractivity contribution is 5.81. The average Bonchev–Trinajstić information content (AvgIpc) is 2.95. The fourth-order valence-electron chi connectivity index (χ4n) is 2.24. The van der Waals surface area contributed by atoms with E-state index >= 15 is 0 Å². The van der Waals surface area contributed by atoms with Crippen LogP contribution < -0.4 is 0 Å². The number of nitrogens with zero attached hydrogens (tertiary/aromatic N) is 1. The summed E-state index contributed by atoms with van der Waals surface area (Å²) in [4.78, 5) is 17.2. The van der Waals surface area contributed by atoms with E-state index in [2.05, 4.69) is 4.98 Å². The second-order valence-electron chi connectivity index (χ2n) is 4.19. The zero-order chi connectivity index (χ0) is 11.5. The van der Waals surface area contributed by atoms with Crippen LogP contribution in [0.1, 0.15) is 31.5 Å². The summed E-state index contributed by atoms with van der Waals surface area (Å²) >= 11 is 0. The molecule has 4 heteroatoms. The van der Waals surface area contributed by atoms with Crippen molar-refractivity contribution in [2.24, 2.45) is 0 Å². The highest BCUT2D eigenvalue weighted by Gasteiger charge is 2.32. The number of hydrogen-bond donors (Lipinski definition) is 1. The first-order valence-electron chi connectivity index (χ1n) is 5.70. The van der Waals surface area contributed by atoms with Gasteiger partial charge in [0.1, 0.15) is 6.10 Å². The molecule has 2 rings (SSSR count). The number of methoxy groups -OCH3 is 1. The number of aromatic amines is 1. The van der Waals surface area contributed by atoms with Gasteiger partial charge in [-0.3, -0.25) is 4.79 Å². The molecule has 1 aliphatic rings. The van der Waals surface area contributed by atoms with E-state index in [0.29, 0.717) is 0 Å². The van der Waals surface area contributed by atoms with E-state index < -0.39 is 0 Å². The first kappa shape index (κ1) is 11.2. The predicted octanol–water partition coefficient (Wildman–Crippen LogP) is 1.71. The third kappa shape index (κ3) is 1.97. The summed E-state index contributed by atoms with van der Waals surface area (Å²) < 4.78 is 5.09. The maximum absolute atomic E-state index is 12.1. The van der Waals surface area contributed by atoms with Crippen molar-refractivity contribution in [2.45, 2.75) is 31.9 Å². The molecule has 1 aromatic heterocycles. The molecule has 1 amide bonds. The third-order valence-electron chi connectivity index (χ3n) is 3.22. The van der Waals surface area contributed by atoms with Gasteiger partial charge in [0.15, 0.2) is 0 Å². The maximum Gasteiger partial charge on any atom is 0.251 e. The molecular formula is C12H18N2O2. The molecule has 0 bridgehead atoms. The molecule has 2 heterocycles. The molecule has 0 saturated carbocycles. The van der Waals surface area contributed by atoms with E-state index in [1.165, 1.54) is 0 Å². The second kappa shape index (κ2) is 4.70. The van der Waals surface area contributed by atoms with Crippen molar-refractivity contribution in [3.8, 4) is 0 Å². The van der Waals surface area contributed by atoms with E-state index in [4.69, 9.17) is 4.74 Å². The van der Waals surface area contributed by atoms with E-state index in [1.54, 1.807) is 14.0 Å². The highest BCUT2D eigenvalue weighted by atomic mass is 16.5. The van der Waals surface area contributed by atoms with Gasteiger partial charge >= 0.3 is 0 Å². The van der Waals surface area contributed by atoms with Crippen molar-refractivity contribution >= 4 is 5.91 Å². The van der Waals surface area contributed by atoms with Gasteiger partial charge in [0.05, 0.1) is 6.04 Å². The quantitative estimate of drug-likeness (QED) is 0.846. The lowest BCUT2D eigenvalue weighted by Crippen LogP contribution is -2.38. The molecule has 16 heavy (non-hydrogen) atoms. The van der Waals surface area contributed by atoms with Gasteiger partial charge in [0.25, 0.3) is 5.91 Å². The van der Waals surface area contributed by atoms with Crippen LogP contribution in [0.5, 0.6) is 0 Å². The summed E-state index contributed by atoms with van der Waals surface area (Å²) in [6.45, 7) is 2.63. The molecule has 1 saturated heterocycles. The van der Waals surface area contributed by atoms with Gasteiger partial charge < -0.3 is 14.6 Å². The zero-order valence-electron chi connectivity index (χ0n) is 9.77. The lowest BCUT2D eigenvalue weighted by atomic mass is 10.1. The minimum Gasteiger partial charge on any atom is -0.372 e. The lowest BCUT2D eigenvalue weighted by Gasteiger charge is -2.26. The third-order valence-corrected chi connectivity index (χ3v) is 3.22. The lowest BCUT2D eigenvalue weighted by molar-refractivity contribution is -0.142. The molecule has 1 aromatic rings. The van der Waals surface area contributed by atoms with Gasteiger partial charge in [0.2, 0.25) is 0 Å². The van der Waals surface area contributed by atoms with Gasteiger partial charge in [-0.1, -0.05) is 0 Å². The molecule has 0 radical (unpaired) electrons. The number of H-pyrrole nitrogens is 1. The molecule has 0 aromatic carbocycles. The van der Waals surface area contributed by atoms with Crippen LogP contribution in [0.3, 0.4) is 0 Å². The molecular weight excluding hydrogens is 204 g/mol. The number of likely N-dealkylation sites (tertiary alicyclic amines) is 1. The number of nitrogens with one attached hydrogen (secondary N) is 1. The monoisotopic (exact) mass is 222 g/mol. The summed E-state index contributed by atoms with van der Waals surface area (Å²) in [5.41, 5.74) is 1.12. The Morgan fingerprint density at radius 3 is 3.12 bits per heavy atom. The highest BCUT2D eigenvalue weighted by Crippen LogP contribution is 2.31. The number of aromatic nitrogens is 1. The van der Waals surface area contributed by atoms with E-state index in [-0.39, 0.29) is 18.1 Å². The fraction of sp³-hybridized carbons (Fsp3) is 0.583. The predicted molar refractivity (Wildman–Crippen MR) is 61.0 cm³/mol. The summed E-state index contributed by atoms with van der Waals surface area (Å²) in [6, 6.07) is 4.20. The van der Waals surface area contributed by atoms with Gasteiger partial charge in [-0.05, 0) is 31.9 Å². The Morgan fingerprint density at radius 1 is 1.69 bits per heavy atom. The number of carbonyl (C=O) groups is 1. The summed E-state index contributed by atoms with van der Waals surface area (Å²) in [5, 5.41) is 0. The number of hydrogen-bond acceptors (Lipinski definition) is 2. The van der Waals surface area contributed by atoms with Crippen molar-refractivity contribution in [2.75, 3.05) is 13.7 Å². The first-order valence-corrected chi connectivity index (χ1v) is 5.70. The van der Waals surface area contributed by atoms with Crippen LogP contribution in [0.25, 0.3) is 0 Å². The van der Waals surface area contributed by atoms with Crippen LogP contribution in [0, 0.1) is 0 Å². The van der Waals surface area contributed by atoms with E-state index in [1.807, 2.05) is 23.2 Å². The van der Waals surface area contributed by atoms with Crippen molar-refractivity contribution in [3.05, 3.63) is 24.0 Å². The Balaban J connectivity index is 2.12. The van der Waals surface area contributed by atoms with Crippen LogP contribution in [0.15, 0.2) is 18.3 Å². The number of carbonyl (C=O) groups excluding carboxylic acids is 1. The van der Waals surface area contributed by atoms with Crippen molar-refractivity contribution in [1.29, 1.82) is 0 Å². The molecule has 2 atom stereocenters. The van der Waals surface area contributed by atoms with Crippen molar-refractivity contribution in [1.82, 2.24) is 9.88 Å². The topological polar surface area (TPSA) is 45.3 Å². The minimum absolute atomic E-state index is 0.0830. The Morgan fingerprint density at radius 2 is 2.50 bits per heavy atom. The number of ether oxygens (including phenoxy) is 1. The average molecular weight is 222 g/mol. The zero-order valence-corrected chi connectivity index (χ0v) is 9.77. The fourth-order valence-corrected chi connectivity index (χ4v) is 2.24. The van der Waals surface area contributed by atoms with Gasteiger partial charge in [-0.15, -0.1) is 0 Å². The SMILES string of the molecule is COC(C)C(=O)N1CCCC1c1ccc[nH]1. The van der Waals surface area contributed by atoms with Crippen molar-refractivity contribution < 1.29 is 9.53 Å². The summed E-state index contributed by atoms with van der Waals surface area (Å²) in [7, 11) is 1.57. The summed E-state index contributed by atoms with van der Waals surface area (Å²) in [6.07, 6.45) is 3.64. The summed E-state index contributed by atoms with van der Waals surface area (Å²) in [5.74, 6) is 0.0830. The molecule has 4 nitrogen and oxygen atoms in total. The largest absolute Gasteiger partial charge is 0.372 e. The molecule has 1 aliphatic heterocycles. The van der Waals surface area contributed by atoms with Crippen LogP contribution >= 0.6 is 0 Å². The van der Waals surface area contributed by atoms with Crippen molar-refractivity contribution in [3.63, 3.8) is 0 Å². The first-order chi connectivity index (χ1) is 7.74. The Hall–Kier alpha value is -1.29. The maximum atomic E-state index is 12.1. The number of amides is 1. The van der Waals surface area contributed by atoms with Gasteiger partial charge in [-0.25, -0.2) is 0 Å². The van der Waals surface area contributed by atoms with Crippen LogP contribution in [-0.2, 0) is 9.53 Å². The van der Waals surface area contributed by atoms with Gasteiger partial charge in [0, 0.05) is 25.5 Å². The minimum atomic E-state index is -0.351. The normalized spacial score (nSPS) is 22.4. The Labute approximate surface area is 95.6 Å². The number of rotatable bonds is 3. The van der Waals surface area contributed by atoms with Crippen LogP contribution in [0.4, 0.5) is 0 Å². The molecule has 2 unspecified atom stereocenters. The van der Waals surface area contributed by atoms with E-state index in [9.17, 15) is 4.79 Å². The van der Waals surface area contributed by atoms with Gasteiger partial charge in [-0.2, -0.15) is 0 Å². The second-order valence-corrected chi connectivity index (χ2v) is 4.19. The van der Waals surface area contributed by atoms with Crippen LogP contribution in [0.2, 0.25) is 0 Å². The molecule has 1 N–H and O–H groups in total. The molecule has 88 valence electrons. The van der Waals surface area contributed by atoms with Crippen LogP contribution in [-0.4, -0.2) is 35.5 Å². The Bertz CT molecular complexity index is 348. The molecule has 0 spiro atoms. The molecule has 0 aliphatic carbocycles. The Kier molecular flexibility index (Phi) is 3.29. The van der Waals surface area contributed by atoms with E-state index in [0.717, 1.165) is 25.1 Å². The smallest absolute Gasteiger partial charge is 0.251 e.